The van der Waals surface area contributed by atoms with Crippen molar-refractivity contribution >= 4 is 11.9 Å². The van der Waals surface area contributed by atoms with Gasteiger partial charge in [0.15, 0.2) is 0 Å². The minimum Gasteiger partial charge on any atom is -0.481 e. The Morgan fingerprint density at radius 3 is 2.86 bits per heavy atom. The number of hydrogen-bond acceptors (Lipinski definition) is 3. The number of amides is 1. The summed E-state index contributed by atoms with van der Waals surface area (Å²) in [6.45, 7) is 1.25. The monoisotopic (exact) mass is 305 g/mol. The normalized spacial score (nSPS) is 16.8. The lowest BCUT2D eigenvalue weighted by Gasteiger charge is -2.25. The number of ether oxygens (including phenoxy) is 1. The molecule has 1 atom stereocenters. The second-order valence-electron chi connectivity index (χ2n) is 5.57. The van der Waals surface area contributed by atoms with E-state index in [1.54, 1.807) is 0 Å². The first-order chi connectivity index (χ1) is 10.7. The molecule has 120 valence electrons. The van der Waals surface area contributed by atoms with E-state index in [2.05, 4.69) is 11.4 Å². The lowest BCUT2D eigenvalue weighted by atomic mass is 9.95. The van der Waals surface area contributed by atoms with Gasteiger partial charge in [0, 0.05) is 13.0 Å². The standard InChI is InChI=1S/C17H23NO4/c19-16(18-10-5-1-2-8-17(20)21)12-15-14-7-4-3-6-13(14)9-11-22-15/h3-4,6-7,15H,1-2,5,8-12H2,(H,18,19)(H,20,21). The van der Waals surface area contributed by atoms with E-state index in [1.807, 2.05) is 18.2 Å². The van der Waals surface area contributed by atoms with Crippen molar-refractivity contribution in [2.75, 3.05) is 13.2 Å². The van der Waals surface area contributed by atoms with Gasteiger partial charge in [-0.2, -0.15) is 0 Å². The molecule has 22 heavy (non-hydrogen) atoms. The summed E-state index contributed by atoms with van der Waals surface area (Å²) in [5.74, 6) is -0.780. The molecule has 0 aromatic heterocycles. The van der Waals surface area contributed by atoms with Gasteiger partial charge in [-0.15, -0.1) is 0 Å². The number of hydrogen-bond donors (Lipinski definition) is 2. The number of carbonyl (C=O) groups excluding carboxylic acids is 1. The van der Waals surface area contributed by atoms with E-state index in [4.69, 9.17) is 9.84 Å². The maximum Gasteiger partial charge on any atom is 0.303 e. The second-order valence-corrected chi connectivity index (χ2v) is 5.57. The second kappa shape index (κ2) is 8.54. The van der Waals surface area contributed by atoms with Crippen LogP contribution in [0.4, 0.5) is 0 Å². The van der Waals surface area contributed by atoms with Gasteiger partial charge in [0.2, 0.25) is 5.91 Å². The molecule has 1 heterocycles. The van der Waals surface area contributed by atoms with Crippen LogP contribution in [0.5, 0.6) is 0 Å². The zero-order valence-corrected chi connectivity index (χ0v) is 12.7. The number of carboxylic acid groups (broad SMARTS) is 1. The molecule has 1 unspecified atom stereocenters. The molecular weight excluding hydrogens is 282 g/mol. The Hall–Kier alpha value is -1.88. The molecule has 1 aromatic rings. The minimum atomic E-state index is -0.767. The number of nitrogens with one attached hydrogen (secondary N) is 1. The quantitative estimate of drug-likeness (QED) is 0.723. The van der Waals surface area contributed by atoms with Gasteiger partial charge in [-0.1, -0.05) is 30.7 Å². The van der Waals surface area contributed by atoms with Crippen LogP contribution in [-0.4, -0.2) is 30.1 Å². The third kappa shape index (κ3) is 5.15. The van der Waals surface area contributed by atoms with Gasteiger partial charge in [0.1, 0.15) is 0 Å². The van der Waals surface area contributed by atoms with Crippen LogP contribution < -0.4 is 5.32 Å². The van der Waals surface area contributed by atoms with Crippen LogP contribution in [0.2, 0.25) is 0 Å². The minimum absolute atomic E-state index is 0.0139. The Morgan fingerprint density at radius 1 is 1.23 bits per heavy atom. The highest BCUT2D eigenvalue weighted by Gasteiger charge is 2.22. The molecule has 5 nitrogen and oxygen atoms in total. The number of rotatable bonds is 8. The molecule has 2 rings (SSSR count). The van der Waals surface area contributed by atoms with Gasteiger partial charge in [0.25, 0.3) is 0 Å². The zero-order valence-electron chi connectivity index (χ0n) is 12.7. The Balaban J connectivity index is 1.69. The molecule has 5 heteroatoms. The Labute approximate surface area is 130 Å². The van der Waals surface area contributed by atoms with Crippen LogP contribution in [0.25, 0.3) is 0 Å². The SMILES string of the molecule is O=C(O)CCCCCNC(=O)CC1OCCc2ccccc21. The maximum absolute atomic E-state index is 12.0. The molecule has 0 saturated heterocycles. The first kappa shape index (κ1) is 16.5. The van der Waals surface area contributed by atoms with E-state index in [0.717, 1.165) is 24.8 Å². The van der Waals surface area contributed by atoms with Crippen molar-refractivity contribution in [2.45, 2.75) is 44.6 Å². The van der Waals surface area contributed by atoms with E-state index in [1.165, 1.54) is 5.56 Å². The summed E-state index contributed by atoms with van der Waals surface area (Å²) in [5.41, 5.74) is 2.38. The van der Waals surface area contributed by atoms with Gasteiger partial charge in [-0.05, 0) is 30.4 Å². The third-order valence-electron chi connectivity index (χ3n) is 3.85. The van der Waals surface area contributed by atoms with Gasteiger partial charge < -0.3 is 15.2 Å². The van der Waals surface area contributed by atoms with Crippen LogP contribution in [0.15, 0.2) is 24.3 Å². The molecular formula is C17H23NO4. The highest BCUT2D eigenvalue weighted by molar-refractivity contribution is 5.76. The highest BCUT2D eigenvalue weighted by Crippen LogP contribution is 2.29. The summed E-state index contributed by atoms with van der Waals surface area (Å²) < 4.78 is 5.72. The smallest absolute Gasteiger partial charge is 0.303 e. The molecule has 1 aliphatic rings. The fourth-order valence-electron chi connectivity index (χ4n) is 2.69. The Morgan fingerprint density at radius 2 is 2.05 bits per heavy atom. The van der Waals surface area contributed by atoms with E-state index in [-0.39, 0.29) is 18.4 Å². The Kier molecular flexibility index (Phi) is 6.40. The summed E-state index contributed by atoms with van der Waals surface area (Å²) in [6, 6.07) is 8.10. The lowest BCUT2D eigenvalue weighted by molar-refractivity contribution is -0.137. The molecule has 0 spiro atoms. The first-order valence-corrected chi connectivity index (χ1v) is 7.84. The molecule has 0 bridgehead atoms. The largest absolute Gasteiger partial charge is 0.481 e. The summed E-state index contributed by atoms with van der Waals surface area (Å²) in [7, 11) is 0. The lowest BCUT2D eigenvalue weighted by Crippen LogP contribution is -2.28. The van der Waals surface area contributed by atoms with E-state index in [9.17, 15) is 9.59 Å². The molecule has 1 aromatic carbocycles. The molecule has 0 fully saturated rings. The van der Waals surface area contributed by atoms with Crippen LogP contribution >= 0.6 is 0 Å². The number of benzene rings is 1. The Bertz CT molecular complexity index is 515. The average Bonchev–Trinajstić information content (AvgIpc) is 2.51. The van der Waals surface area contributed by atoms with Crippen molar-refractivity contribution in [1.29, 1.82) is 0 Å². The van der Waals surface area contributed by atoms with Crippen LogP contribution in [0.3, 0.4) is 0 Å². The zero-order chi connectivity index (χ0) is 15.8. The van der Waals surface area contributed by atoms with Crippen molar-refractivity contribution in [1.82, 2.24) is 5.32 Å². The van der Waals surface area contributed by atoms with Crippen molar-refractivity contribution in [3.63, 3.8) is 0 Å². The van der Waals surface area contributed by atoms with E-state index < -0.39 is 5.97 Å². The molecule has 0 radical (unpaired) electrons. The van der Waals surface area contributed by atoms with E-state index >= 15 is 0 Å². The summed E-state index contributed by atoms with van der Waals surface area (Å²) in [6.07, 6.45) is 3.56. The molecule has 2 N–H and O–H groups in total. The van der Waals surface area contributed by atoms with Crippen molar-refractivity contribution in [3.8, 4) is 0 Å². The number of carbonyl (C=O) groups is 2. The highest BCUT2D eigenvalue weighted by atomic mass is 16.5. The number of fused-ring (bicyclic) bond motifs is 1. The fourth-order valence-corrected chi connectivity index (χ4v) is 2.69. The third-order valence-corrected chi connectivity index (χ3v) is 3.85. The molecule has 0 saturated carbocycles. The summed E-state index contributed by atoms with van der Waals surface area (Å²) >= 11 is 0. The van der Waals surface area contributed by atoms with Gasteiger partial charge in [-0.25, -0.2) is 0 Å². The summed E-state index contributed by atoms with van der Waals surface area (Å²) in [5, 5.41) is 11.4. The summed E-state index contributed by atoms with van der Waals surface area (Å²) in [4.78, 5) is 22.4. The predicted octanol–water partition coefficient (Wildman–Crippen LogP) is 2.45. The fraction of sp³-hybridized carbons (Fsp3) is 0.529. The van der Waals surface area contributed by atoms with Gasteiger partial charge >= 0.3 is 5.97 Å². The number of aliphatic carboxylic acids is 1. The molecule has 1 aliphatic heterocycles. The molecule has 1 amide bonds. The molecule has 0 aliphatic carbocycles. The predicted molar refractivity (Wildman–Crippen MR) is 82.6 cm³/mol. The van der Waals surface area contributed by atoms with Crippen molar-refractivity contribution in [2.24, 2.45) is 0 Å². The topological polar surface area (TPSA) is 75.6 Å². The van der Waals surface area contributed by atoms with Crippen molar-refractivity contribution in [3.05, 3.63) is 35.4 Å². The first-order valence-electron chi connectivity index (χ1n) is 7.84. The van der Waals surface area contributed by atoms with Crippen LogP contribution in [0.1, 0.15) is 49.3 Å². The van der Waals surface area contributed by atoms with Crippen molar-refractivity contribution < 1.29 is 19.4 Å². The average molecular weight is 305 g/mol. The van der Waals surface area contributed by atoms with Gasteiger partial charge in [-0.3, -0.25) is 9.59 Å². The van der Waals surface area contributed by atoms with E-state index in [0.29, 0.717) is 26.0 Å². The number of carboxylic acids is 1. The van der Waals surface area contributed by atoms with Crippen LogP contribution in [-0.2, 0) is 20.7 Å². The van der Waals surface area contributed by atoms with Gasteiger partial charge in [0.05, 0.1) is 19.1 Å². The maximum atomic E-state index is 12.0. The number of unbranched alkanes of at least 4 members (excludes halogenated alkanes) is 2. The van der Waals surface area contributed by atoms with Crippen LogP contribution in [0, 0.1) is 0 Å².